The first kappa shape index (κ1) is 14.8. The topological polar surface area (TPSA) is 117 Å². The number of aromatic nitrogens is 4. The van der Waals surface area contributed by atoms with Gasteiger partial charge in [0.05, 0.1) is 18.5 Å². The highest BCUT2D eigenvalue weighted by atomic mass is 16.8. The van der Waals surface area contributed by atoms with Crippen molar-refractivity contribution in [3.05, 3.63) is 18.2 Å². The highest BCUT2D eigenvalue weighted by Gasteiger charge is 2.64. The standard InChI is InChI=1S/C14H19N5O4/c1-13(2)22-10-8(5-20)21-9(14(10,3)23-13)7-4-16-12-11(15)17-6-18-19(7)12/h4,6,8-10,20H,5H2,1-3H3,(H2,15,17,18)/t8-,9+,10-,14+/m1/s1. The summed E-state index contributed by atoms with van der Waals surface area (Å²) < 4.78 is 19.7. The third kappa shape index (κ3) is 1.97. The molecule has 0 saturated carbocycles. The Morgan fingerprint density at radius 1 is 1.35 bits per heavy atom. The van der Waals surface area contributed by atoms with Crippen LogP contribution in [0.1, 0.15) is 32.6 Å². The van der Waals surface area contributed by atoms with Crippen LogP contribution >= 0.6 is 0 Å². The van der Waals surface area contributed by atoms with Crippen molar-refractivity contribution in [1.29, 1.82) is 0 Å². The minimum Gasteiger partial charge on any atom is -0.394 e. The highest BCUT2D eigenvalue weighted by molar-refractivity contribution is 5.59. The number of hydrogen-bond donors (Lipinski definition) is 2. The van der Waals surface area contributed by atoms with Gasteiger partial charge >= 0.3 is 0 Å². The van der Waals surface area contributed by atoms with Gasteiger partial charge in [-0.05, 0) is 20.8 Å². The van der Waals surface area contributed by atoms with Crippen LogP contribution in [-0.4, -0.2) is 54.9 Å². The lowest BCUT2D eigenvalue weighted by molar-refractivity contribution is -0.207. The number of hydrogen-bond acceptors (Lipinski definition) is 8. The highest BCUT2D eigenvalue weighted by Crippen LogP contribution is 2.52. The van der Waals surface area contributed by atoms with Gasteiger partial charge in [0.15, 0.2) is 17.3 Å². The molecule has 23 heavy (non-hydrogen) atoms. The summed E-state index contributed by atoms with van der Waals surface area (Å²) in [6, 6.07) is 0. The van der Waals surface area contributed by atoms with E-state index >= 15 is 0 Å². The lowest BCUT2D eigenvalue weighted by atomic mass is 9.91. The second-order valence-corrected chi connectivity index (χ2v) is 6.53. The molecule has 0 aromatic carbocycles. The second-order valence-electron chi connectivity index (χ2n) is 6.53. The summed E-state index contributed by atoms with van der Waals surface area (Å²) in [6.07, 6.45) is 1.62. The molecule has 0 spiro atoms. The number of aliphatic hydroxyl groups excluding tert-OH is 1. The van der Waals surface area contributed by atoms with Crippen LogP contribution in [0.25, 0.3) is 5.65 Å². The van der Waals surface area contributed by atoms with E-state index in [-0.39, 0.29) is 12.4 Å². The van der Waals surface area contributed by atoms with Crippen molar-refractivity contribution in [2.24, 2.45) is 0 Å². The van der Waals surface area contributed by atoms with Gasteiger partial charge in [-0.3, -0.25) is 0 Å². The van der Waals surface area contributed by atoms with E-state index in [1.807, 2.05) is 20.8 Å². The molecule has 2 fully saturated rings. The molecular weight excluding hydrogens is 302 g/mol. The summed E-state index contributed by atoms with van der Waals surface area (Å²) >= 11 is 0. The van der Waals surface area contributed by atoms with E-state index in [9.17, 15) is 5.11 Å². The predicted molar refractivity (Wildman–Crippen MR) is 78.3 cm³/mol. The molecule has 0 bridgehead atoms. The molecule has 4 heterocycles. The lowest BCUT2D eigenvalue weighted by Crippen LogP contribution is -2.40. The maximum absolute atomic E-state index is 9.64. The van der Waals surface area contributed by atoms with E-state index < -0.39 is 29.7 Å². The summed E-state index contributed by atoms with van der Waals surface area (Å²) in [6.45, 7) is 5.44. The van der Waals surface area contributed by atoms with Gasteiger partial charge in [0.25, 0.3) is 0 Å². The minimum atomic E-state index is -0.771. The molecule has 2 aliphatic rings. The van der Waals surface area contributed by atoms with Crippen LogP contribution in [0.5, 0.6) is 0 Å². The number of anilines is 1. The SMILES string of the molecule is CC1(C)O[C@@H]2[C@@H](CO)O[C@@H](c3cnc4c(N)ncnn34)[C@]2(C)O1. The monoisotopic (exact) mass is 321 g/mol. The lowest BCUT2D eigenvalue weighted by Gasteiger charge is -2.29. The van der Waals surface area contributed by atoms with E-state index in [0.29, 0.717) is 11.3 Å². The number of nitrogens with two attached hydrogens (primary N) is 1. The Morgan fingerprint density at radius 3 is 2.87 bits per heavy atom. The zero-order chi connectivity index (χ0) is 16.4. The molecule has 0 radical (unpaired) electrons. The van der Waals surface area contributed by atoms with E-state index in [1.165, 1.54) is 6.33 Å². The number of aliphatic hydroxyl groups is 1. The van der Waals surface area contributed by atoms with Crippen molar-refractivity contribution >= 4 is 11.5 Å². The fraction of sp³-hybridized carbons (Fsp3) is 0.643. The van der Waals surface area contributed by atoms with Crippen molar-refractivity contribution in [1.82, 2.24) is 19.6 Å². The van der Waals surface area contributed by atoms with Crippen molar-refractivity contribution in [3.8, 4) is 0 Å². The first-order chi connectivity index (χ1) is 10.9. The molecule has 3 N–H and O–H groups in total. The Morgan fingerprint density at radius 2 is 2.13 bits per heavy atom. The van der Waals surface area contributed by atoms with Crippen LogP contribution in [0.3, 0.4) is 0 Å². The quantitative estimate of drug-likeness (QED) is 0.797. The fourth-order valence-corrected chi connectivity index (χ4v) is 3.60. The third-order valence-corrected chi connectivity index (χ3v) is 4.42. The third-order valence-electron chi connectivity index (χ3n) is 4.42. The molecule has 2 saturated heterocycles. The molecule has 2 aromatic heterocycles. The van der Waals surface area contributed by atoms with E-state index in [1.54, 1.807) is 10.7 Å². The summed E-state index contributed by atoms with van der Waals surface area (Å²) in [7, 11) is 0. The molecule has 4 rings (SSSR count). The van der Waals surface area contributed by atoms with Crippen molar-refractivity contribution in [3.63, 3.8) is 0 Å². The summed E-state index contributed by atoms with van der Waals surface area (Å²) in [4.78, 5) is 8.20. The zero-order valence-corrected chi connectivity index (χ0v) is 13.1. The average Bonchev–Trinajstić information content (AvgIpc) is 3.07. The van der Waals surface area contributed by atoms with Crippen LogP contribution in [0.15, 0.2) is 12.5 Å². The first-order valence-electron chi connectivity index (χ1n) is 7.44. The van der Waals surface area contributed by atoms with Crippen LogP contribution < -0.4 is 5.73 Å². The summed E-state index contributed by atoms with van der Waals surface area (Å²) in [5.74, 6) is -0.475. The number of ether oxygens (including phenoxy) is 3. The van der Waals surface area contributed by atoms with E-state index in [4.69, 9.17) is 19.9 Å². The van der Waals surface area contributed by atoms with Crippen LogP contribution in [-0.2, 0) is 14.2 Å². The van der Waals surface area contributed by atoms with Gasteiger partial charge in [-0.15, -0.1) is 0 Å². The Kier molecular flexibility index (Phi) is 2.95. The zero-order valence-electron chi connectivity index (χ0n) is 13.1. The van der Waals surface area contributed by atoms with Crippen LogP contribution in [0.4, 0.5) is 5.82 Å². The molecule has 2 aromatic rings. The maximum Gasteiger partial charge on any atom is 0.196 e. The van der Waals surface area contributed by atoms with Gasteiger partial charge in [0.1, 0.15) is 30.2 Å². The minimum absolute atomic E-state index is 0.163. The van der Waals surface area contributed by atoms with Gasteiger partial charge in [0.2, 0.25) is 0 Å². The fourth-order valence-electron chi connectivity index (χ4n) is 3.60. The molecule has 0 amide bonds. The van der Waals surface area contributed by atoms with E-state index in [0.717, 1.165) is 0 Å². The largest absolute Gasteiger partial charge is 0.394 e. The molecule has 9 nitrogen and oxygen atoms in total. The van der Waals surface area contributed by atoms with Gasteiger partial charge in [-0.1, -0.05) is 0 Å². The second kappa shape index (κ2) is 4.60. The Hall–Kier alpha value is -1.81. The van der Waals surface area contributed by atoms with Crippen molar-refractivity contribution in [2.45, 2.75) is 50.5 Å². The summed E-state index contributed by atoms with van der Waals surface area (Å²) in [5, 5.41) is 13.8. The predicted octanol–water partition coefficient (Wildman–Crippen LogP) is 0.0489. The molecular formula is C14H19N5O4. The Labute approximate surface area is 132 Å². The normalized spacial score (nSPS) is 35.7. The molecule has 2 aliphatic heterocycles. The van der Waals surface area contributed by atoms with Gasteiger partial charge < -0.3 is 25.1 Å². The number of imidazole rings is 1. The number of rotatable bonds is 2. The first-order valence-corrected chi connectivity index (χ1v) is 7.44. The average molecular weight is 321 g/mol. The molecule has 0 aliphatic carbocycles. The number of fused-ring (bicyclic) bond motifs is 2. The smallest absolute Gasteiger partial charge is 0.196 e. The maximum atomic E-state index is 9.64. The number of nitrogen functional groups attached to an aromatic ring is 1. The van der Waals surface area contributed by atoms with Gasteiger partial charge in [-0.2, -0.15) is 5.10 Å². The summed E-state index contributed by atoms with van der Waals surface area (Å²) in [5.41, 5.74) is 6.20. The number of nitrogens with zero attached hydrogens (tertiary/aromatic N) is 4. The van der Waals surface area contributed by atoms with Crippen LogP contribution in [0.2, 0.25) is 0 Å². The molecule has 4 atom stereocenters. The van der Waals surface area contributed by atoms with Gasteiger partial charge in [-0.25, -0.2) is 14.5 Å². The van der Waals surface area contributed by atoms with Crippen LogP contribution in [0, 0.1) is 0 Å². The van der Waals surface area contributed by atoms with E-state index in [2.05, 4.69) is 15.1 Å². The Balaban J connectivity index is 1.83. The molecule has 124 valence electrons. The Bertz CT molecular complexity index is 763. The van der Waals surface area contributed by atoms with Crippen molar-refractivity contribution < 1.29 is 19.3 Å². The molecule has 0 unspecified atom stereocenters. The van der Waals surface area contributed by atoms with Crippen molar-refractivity contribution in [2.75, 3.05) is 12.3 Å². The molecule has 9 heteroatoms. The van der Waals surface area contributed by atoms with Gasteiger partial charge in [0, 0.05) is 0 Å².